The van der Waals surface area contributed by atoms with Crippen LogP contribution in [0.25, 0.3) is 10.2 Å². The number of rotatable bonds is 6. The number of nitrogens with zero attached hydrogens (tertiary/aromatic N) is 2. The Morgan fingerprint density at radius 3 is 2.93 bits per heavy atom. The van der Waals surface area contributed by atoms with Crippen molar-refractivity contribution in [3.63, 3.8) is 0 Å². The van der Waals surface area contributed by atoms with Gasteiger partial charge in [-0.3, -0.25) is 9.59 Å². The van der Waals surface area contributed by atoms with Crippen molar-refractivity contribution in [3.8, 4) is 0 Å². The van der Waals surface area contributed by atoms with Crippen molar-refractivity contribution in [2.75, 3.05) is 22.5 Å². The second-order valence-corrected chi connectivity index (χ2v) is 8.67. The van der Waals surface area contributed by atoms with Crippen molar-refractivity contribution in [2.45, 2.75) is 23.6 Å². The van der Waals surface area contributed by atoms with Gasteiger partial charge in [0.25, 0.3) is 0 Å². The molecule has 0 bridgehead atoms. The Bertz CT molecular complexity index is 953. The standard InChI is InChI=1S/C20H19N3O2S2/c24-18(10-12-26-20-22-16-7-1-2-8-17(16)27-20)21-14-5-3-6-15(13-14)23-11-4-9-19(23)25/h1-3,5-8,13H,4,9-12H2,(H,21,24). The minimum absolute atomic E-state index is 0.0338. The maximum Gasteiger partial charge on any atom is 0.227 e. The molecular formula is C20H19N3O2S2. The Morgan fingerprint density at radius 1 is 1.22 bits per heavy atom. The first-order valence-electron chi connectivity index (χ1n) is 8.88. The molecule has 1 aliphatic heterocycles. The highest BCUT2D eigenvalue weighted by atomic mass is 32.2. The number of thioether (sulfide) groups is 1. The summed E-state index contributed by atoms with van der Waals surface area (Å²) in [5.41, 5.74) is 2.57. The van der Waals surface area contributed by atoms with Gasteiger partial charge in [0.1, 0.15) is 0 Å². The number of amides is 2. The summed E-state index contributed by atoms with van der Waals surface area (Å²) in [4.78, 5) is 30.5. The number of carbonyl (C=O) groups is 2. The SMILES string of the molecule is O=C(CCSc1nc2ccccc2s1)Nc1cccc(N2CCCC2=O)c1. The zero-order valence-electron chi connectivity index (χ0n) is 14.7. The van der Waals surface area contributed by atoms with E-state index in [1.807, 2.05) is 42.5 Å². The fourth-order valence-electron chi connectivity index (χ4n) is 3.04. The van der Waals surface area contributed by atoms with E-state index >= 15 is 0 Å². The number of para-hydroxylation sites is 1. The molecule has 4 rings (SSSR count). The van der Waals surface area contributed by atoms with Gasteiger partial charge in [0, 0.05) is 36.5 Å². The Hall–Kier alpha value is -2.38. The molecule has 0 unspecified atom stereocenters. The van der Waals surface area contributed by atoms with E-state index in [1.54, 1.807) is 28.0 Å². The first kappa shape index (κ1) is 18.0. The molecule has 1 aromatic heterocycles. The van der Waals surface area contributed by atoms with Gasteiger partial charge in [-0.05, 0) is 36.8 Å². The van der Waals surface area contributed by atoms with E-state index in [4.69, 9.17) is 0 Å². The lowest BCUT2D eigenvalue weighted by atomic mass is 10.2. The molecule has 2 amide bonds. The second-order valence-electron chi connectivity index (χ2n) is 6.29. The second kappa shape index (κ2) is 8.10. The van der Waals surface area contributed by atoms with Crippen LogP contribution in [0.2, 0.25) is 0 Å². The van der Waals surface area contributed by atoms with Gasteiger partial charge in [-0.1, -0.05) is 30.0 Å². The van der Waals surface area contributed by atoms with Gasteiger partial charge in [-0.2, -0.15) is 0 Å². The Morgan fingerprint density at radius 2 is 2.11 bits per heavy atom. The highest BCUT2D eigenvalue weighted by molar-refractivity contribution is 8.01. The predicted octanol–water partition coefficient (Wildman–Crippen LogP) is 4.54. The Balaban J connectivity index is 1.31. The number of fused-ring (bicyclic) bond motifs is 1. The monoisotopic (exact) mass is 397 g/mol. The summed E-state index contributed by atoms with van der Waals surface area (Å²) in [6.07, 6.45) is 1.89. The van der Waals surface area contributed by atoms with Crippen LogP contribution in [0, 0.1) is 0 Å². The molecule has 2 aromatic carbocycles. The van der Waals surface area contributed by atoms with Crippen molar-refractivity contribution in [2.24, 2.45) is 0 Å². The molecule has 138 valence electrons. The predicted molar refractivity (Wildman–Crippen MR) is 112 cm³/mol. The number of hydrogen-bond donors (Lipinski definition) is 1. The number of benzene rings is 2. The molecular weight excluding hydrogens is 378 g/mol. The summed E-state index contributed by atoms with van der Waals surface area (Å²) in [5, 5.41) is 2.93. The molecule has 0 saturated carbocycles. The molecule has 27 heavy (non-hydrogen) atoms. The van der Waals surface area contributed by atoms with E-state index in [0.717, 1.165) is 38.9 Å². The number of nitrogens with one attached hydrogen (secondary N) is 1. The average Bonchev–Trinajstić information content (AvgIpc) is 3.27. The summed E-state index contributed by atoms with van der Waals surface area (Å²) in [6.45, 7) is 0.745. The fraction of sp³-hybridized carbons (Fsp3) is 0.250. The van der Waals surface area contributed by atoms with Crippen LogP contribution in [0.5, 0.6) is 0 Å². The third-order valence-corrected chi connectivity index (χ3v) is 6.53. The van der Waals surface area contributed by atoms with Gasteiger partial charge in [0.05, 0.1) is 10.2 Å². The quantitative estimate of drug-likeness (QED) is 0.620. The maximum absolute atomic E-state index is 12.2. The minimum Gasteiger partial charge on any atom is -0.326 e. The Labute approximate surface area is 165 Å². The third-order valence-electron chi connectivity index (χ3n) is 4.34. The number of aromatic nitrogens is 1. The maximum atomic E-state index is 12.2. The molecule has 0 radical (unpaired) electrons. The number of hydrogen-bond acceptors (Lipinski definition) is 5. The van der Waals surface area contributed by atoms with E-state index in [0.29, 0.717) is 18.6 Å². The van der Waals surface area contributed by atoms with Crippen LogP contribution < -0.4 is 10.2 Å². The topological polar surface area (TPSA) is 62.3 Å². The van der Waals surface area contributed by atoms with Gasteiger partial charge in [0.2, 0.25) is 11.8 Å². The summed E-state index contributed by atoms with van der Waals surface area (Å²) in [7, 11) is 0. The van der Waals surface area contributed by atoms with Crippen LogP contribution >= 0.6 is 23.1 Å². The van der Waals surface area contributed by atoms with Crippen LogP contribution in [0.3, 0.4) is 0 Å². The average molecular weight is 398 g/mol. The van der Waals surface area contributed by atoms with E-state index in [9.17, 15) is 9.59 Å². The van der Waals surface area contributed by atoms with Crippen molar-refractivity contribution in [1.29, 1.82) is 0 Å². The fourth-order valence-corrected chi connectivity index (χ4v) is 5.12. The van der Waals surface area contributed by atoms with Crippen LogP contribution in [-0.2, 0) is 9.59 Å². The first-order valence-corrected chi connectivity index (χ1v) is 10.7. The molecule has 1 N–H and O–H groups in total. The molecule has 1 aliphatic rings. The Kier molecular flexibility index (Phi) is 5.40. The zero-order chi connectivity index (χ0) is 18.6. The molecule has 3 aromatic rings. The van der Waals surface area contributed by atoms with Crippen molar-refractivity contribution in [3.05, 3.63) is 48.5 Å². The number of thiazole rings is 1. The molecule has 0 spiro atoms. The minimum atomic E-state index is -0.0338. The normalized spacial score (nSPS) is 14.1. The van der Waals surface area contributed by atoms with Gasteiger partial charge < -0.3 is 10.2 Å². The van der Waals surface area contributed by atoms with Gasteiger partial charge in [-0.25, -0.2) is 4.98 Å². The molecule has 5 nitrogen and oxygen atoms in total. The van der Waals surface area contributed by atoms with E-state index in [2.05, 4.69) is 16.4 Å². The van der Waals surface area contributed by atoms with Crippen molar-refractivity contribution >= 4 is 56.5 Å². The molecule has 1 fully saturated rings. The summed E-state index contributed by atoms with van der Waals surface area (Å²) >= 11 is 3.25. The van der Waals surface area contributed by atoms with Crippen molar-refractivity contribution in [1.82, 2.24) is 4.98 Å². The number of anilines is 2. The number of carbonyl (C=O) groups excluding carboxylic acids is 2. The van der Waals surface area contributed by atoms with Crippen LogP contribution in [0.1, 0.15) is 19.3 Å². The van der Waals surface area contributed by atoms with Crippen LogP contribution in [0.4, 0.5) is 11.4 Å². The van der Waals surface area contributed by atoms with Crippen LogP contribution in [-0.4, -0.2) is 29.1 Å². The molecule has 2 heterocycles. The first-order chi connectivity index (χ1) is 13.2. The van der Waals surface area contributed by atoms with Gasteiger partial charge in [0.15, 0.2) is 4.34 Å². The third kappa shape index (κ3) is 4.31. The molecule has 0 aliphatic carbocycles. The molecule has 7 heteroatoms. The molecule has 1 saturated heterocycles. The lowest BCUT2D eigenvalue weighted by Crippen LogP contribution is -2.23. The smallest absolute Gasteiger partial charge is 0.227 e. The van der Waals surface area contributed by atoms with Gasteiger partial charge >= 0.3 is 0 Å². The lowest BCUT2D eigenvalue weighted by molar-refractivity contribution is -0.117. The lowest BCUT2D eigenvalue weighted by Gasteiger charge is -2.16. The van der Waals surface area contributed by atoms with E-state index in [1.165, 1.54) is 0 Å². The van der Waals surface area contributed by atoms with Crippen molar-refractivity contribution < 1.29 is 9.59 Å². The largest absolute Gasteiger partial charge is 0.326 e. The van der Waals surface area contributed by atoms with Crippen LogP contribution in [0.15, 0.2) is 52.9 Å². The molecule has 0 atom stereocenters. The summed E-state index contributed by atoms with van der Waals surface area (Å²) in [5.74, 6) is 0.787. The highest BCUT2D eigenvalue weighted by Crippen LogP contribution is 2.30. The summed E-state index contributed by atoms with van der Waals surface area (Å²) < 4.78 is 2.15. The van der Waals surface area contributed by atoms with Gasteiger partial charge in [-0.15, -0.1) is 11.3 Å². The summed E-state index contributed by atoms with van der Waals surface area (Å²) in [6, 6.07) is 15.5. The zero-order valence-corrected chi connectivity index (χ0v) is 16.3. The van der Waals surface area contributed by atoms with E-state index in [-0.39, 0.29) is 11.8 Å². The van der Waals surface area contributed by atoms with E-state index < -0.39 is 0 Å². The highest BCUT2D eigenvalue weighted by Gasteiger charge is 2.21.